The monoisotopic (exact) mass is 476 g/mol. The molecular formula is C24H24N6O3S. The molecule has 1 N–H and O–H groups in total. The molecule has 1 aliphatic heterocycles. The topological polar surface area (TPSA) is 102 Å². The van der Waals surface area contributed by atoms with E-state index in [0.29, 0.717) is 28.0 Å². The van der Waals surface area contributed by atoms with Gasteiger partial charge in [-0.15, -0.1) is 10.2 Å². The Kier molecular flexibility index (Phi) is 6.06. The fourth-order valence-corrected chi connectivity index (χ4v) is 5.05. The van der Waals surface area contributed by atoms with Gasteiger partial charge in [0.25, 0.3) is 0 Å². The van der Waals surface area contributed by atoms with Crippen LogP contribution in [0, 0.1) is 0 Å². The number of aromatic nitrogens is 4. The molecule has 0 bridgehead atoms. The third-order valence-electron chi connectivity index (χ3n) is 5.92. The van der Waals surface area contributed by atoms with Crippen molar-refractivity contribution in [1.29, 1.82) is 0 Å². The highest BCUT2D eigenvalue weighted by Gasteiger charge is 2.44. The lowest BCUT2D eigenvalue weighted by molar-refractivity contribution is -0.136. The molecule has 10 heteroatoms. The van der Waals surface area contributed by atoms with Crippen LogP contribution in [0.4, 0.5) is 4.79 Å². The summed E-state index contributed by atoms with van der Waals surface area (Å²) < 4.78 is 7.06. The molecule has 1 aromatic carbocycles. The van der Waals surface area contributed by atoms with E-state index in [1.54, 1.807) is 17.3 Å². The number of nitrogens with one attached hydrogen (secondary N) is 1. The lowest BCUT2D eigenvalue weighted by Crippen LogP contribution is -2.50. The lowest BCUT2D eigenvalue weighted by atomic mass is 9.95. The first kappa shape index (κ1) is 22.1. The van der Waals surface area contributed by atoms with Gasteiger partial charge in [-0.1, -0.05) is 42.1 Å². The Labute approximate surface area is 201 Å². The number of benzene rings is 1. The number of amides is 2. The van der Waals surface area contributed by atoms with Gasteiger partial charge < -0.3 is 14.6 Å². The number of hydrogen-bond donors (Lipinski definition) is 1. The van der Waals surface area contributed by atoms with Crippen LogP contribution in [0.15, 0.2) is 71.3 Å². The Bertz CT molecular complexity index is 1240. The van der Waals surface area contributed by atoms with Crippen LogP contribution < -0.4 is 5.32 Å². The minimum absolute atomic E-state index is 0.0810. The second kappa shape index (κ2) is 9.30. The molecule has 0 spiro atoms. The van der Waals surface area contributed by atoms with Crippen molar-refractivity contribution in [2.24, 2.45) is 7.05 Å². The minimum Gasteiger partial charge on any atom is -0.466 e. The maximum atomic E-state index is 13.2. The molecule has 1 atom stereocenters. The van der Waals surface area contributed by atoms with Crippen molar-refractivity contribution in [2.75, 3.05) is 12.9 Å². The molecule has 2 amide bonds. The fourth-order valence-electron chi connectivity index (χ4n) is 4.11. The maximum Gasteiger partial charge on any atom is 0.338 e. The quantitative estimate of drug-likeness (QED) is 0.412. The second-order valence-electron chi connectivity index (χ2n) is 8.14. The molecule has 1 aliphatic carbocycles. The number of thioether (sulfide) groups is 1. The first-order valence-corrected chi connectivity index (χ1v) is 12.0. The molecule has 5 rings (SSSR count). The van der Waals surface area contributed by atoms with Crippen LogP contribution in [0.1, 0.15) is 24.4 Å². The highest BCUT2D eigenvalue weighted by molar-refractivity contribution is 7.99. The fraction of sp³-hybridized carbons (Fsp3) is 0.292. The average Bonchev–Trinajstić information content (AvgIpc) is 3.64. The molecule has 2 aromatic heterocycles. The number of hydrogen-bond acceptors (Lipinski definition) is 7. The van der Waals surface area contributed by atoms with Crippen LogP contribution in [0.2, 0.25) is 0 Å². The highest BCUT2D eigenvalue weighted by Crippen LogP contribution is 2.40. The molecule has 0 radical (unpaired) electrons. The predicted octanol–water partition coefficient (Wildman–Crippen LogP) is 3.33. The van der Waals surface area contributed by atoms with Crippen molar-refractivity contribution >= 4 is 23.8 Å². The van der Waals surface area contributed by atoms with Gasteiger partial charge in [0.2, 0.25) is 0 Å². The SMILES string of the molecule is COC(=O)C1=C(CSc2nnc(-c3cccnc3)n2C)N(C2CC2)C(=O)NC1c1ccccc1. The highest BCUT2D eigenvalue weighted by atomic mass is 32.2. The number of carbonyl (C=O) groups excluding carboxylic acids is 2. The van der Waals surface area contributed by atoms with E-state index in [1.807, 2.05) is 54.1 Å². The largest absolute Gasteiger partial charge is 0.466 e. The summed E-state index contributed by atoms with van der Waals surface area (Å²) in [4.78, 5) is 32.1. The van der Waals surface area contributed by atoms with Gasteiger partial charge >= 0.3 is 12.0 Å². The van der Waals surface area contributed by atoms with Gasteiger partial charge in [-0.3, -0.25) is 9.88 Å². The van der Waals surface area contributed by atoms with Crippen molar-refractivity contribution < 1.29 is 14.3 Å². The zero-order valence-electron chi connectivity index (χ0n) is 18.8. The first-order chi connectivity index (χ1) is 16.6. The summed E-state index contributed by atoms with van der Waals surface area (Å²) >= 11 is 1.43. The average molecular weight is 477 g/mol. The van der Waals surface area contributed by atoms with Gasteiger partial charge in [-0.25, -0.2) is 9.59 Å². The number of urea groups is 1. The van der Waals surface area contributed by atoms with E-state index >= 15 is 0 Å². The molecule has 9 nitrogen and oxygen atoms in total. The molecular weight excluding hydrogens is 452 g/mol. The van der Waals surface area contributed by atoms with Crippen molar-refractivity contribution in [3.05, 3.63) is 71.7 Å². The zero-order chi connectivity index (χ0) is 23.7. The number of methoxy groups -OCH3 is 1. The predicted molar refractivity (Wildman–Crippen MR) is 127 cm³/mol. The molecule has 3 aromatic rings. The van der Waals surface area contributed by atoms with Crippen LogP contribution in [-0.2, 0) is 16.6 Å². The minimum atomic E-state index is -0.586. The van der Waals surface area contributed by atoms with E-state index in [9.17, 15) is 9.59 Å². The normalized spacial score (nSPS) is 18.1. The summed E-state index contributed by atoms with van der Waals surface area (Å²) in [5.74, 6) is 0.612. The Morgan fingerprint density at radius 3 is 2.65 bits per heavy atom. The van der Waals surface area contributed by atoms with Crippen LogP contribution in [0.3, 0.4) is 0 Å². The first-order valence-electron chi connectivity index (χ1n) is 11.0. The second-order valence-corrected chi connectivity index (χ2v) is 9.08. The Balaban J connectivity index is 1.52. The van der Waals surface area contributed by atoms with Crippen LogP contribution >= 0.6 is 11.8 Å². The number of carbonyl (C=O) groups is 2. The smallest absolute Gasteiger partial charge is 0.338 e. The van der Waals surface area contributed by atoms with E-state index in [2.05, 4.69) is 20.5 Å². The van der Waals surface area contributed by atoms with Crippen LogP contribution in [0.5, 0.6) is 0 Å². The number of pyridine rings is 1. The van der Waals surface area contributed by atoms with E-state index in [0.717, 1.165) is 24.0 Å². The summed E-state index contributed by atoms with van der Waals surface area (Å²) in [6.45, 7) is 0. The molecule has 0 saturated heterocycles. The molecule has 34 heavy (non-hydrogen) atoms. The summed E-state index contributed by atoms with van der Waals surface area (Å²) in [6.07, 6.45) is 5.25. The summed E-state index contributed by atoms with van der Waals surface area (Å²) in [6, 6.07) is 12.5. The van der Waals surface area contributed by atoms with Crippen LogP contribution in [-0.4, -0.2) is 55.6 Å². The third kappa shape index (κ3) is 4.16. The van der Waals surface area contributed by atoms with Crippen molar-refractivity contribution in [1.82, 2.24) is 30.0 Å². The Morgan fingerprint density at radius 2 is 1.97 bits per heavy atom. The molecule has 174 valence electrons. The molecule has 1 saturated carbocycles. The number of rotatable bonds is 7. The third-order valence-corrected chi connectivity index (χ3v) is 6.95. The van der Waals surface area contributed by atoms with Gasteiger partial charge in [0.05, 0.1) is 18.7 Å². The molecule has 2 aliphatic rings. The Morgan fingerprint density at radius 1 is 1.18 bits per heavy atom. The summed E-state index contributed by atoms with van der Waals surface area (Å²) in [7, 11) is 3.25. The maximum absolute atomic E-state index is 13.2. The number of esters is 1. The Hall–Kier alpha value is -3.66. The van der Waals surface area contributed by atoms with Gasteiger partial charge in [0.1, 0.15) is 0 Å². The van der Waals surface area contributed by atoms with Crippen LogP contribution in [0.25, 0.3) is 11.4 Å². The number of nitrogens with zero attached hydrogens (tertiary/aromatic N) is 5. The zero-order valence-corrected chi connectivity index (χ0v) is 19.7. The lowest BCUT2D eigenvalue weighted by Gasteiger charge is -2.36. The van der Waals surface area contributed by atoms with Gasteiger partial charge in [0, 0.05) is 42.5 Å². The van der Waals surface area contributed by atoms with Crippen molar-refractivity contribution in [3.8, 4) is 11.4 Å². The summed E-state index contributed by atoms with van der Waals surface area (Å²) in [5.41, 5.74) is 2.79. The van der Waals surface area contributed by atoms with E-state index in [4.69, 9.17) is 4.74 Å². The van der Waals surface area contributed by atoms with Gasteiger partial charge in [-0.2, -0.15) is 0 Å². The molecule has 3 heterocycles. The van der Waals surface area contributed by atoms with E-state index in [1.165, 1.54) is 18.9 Å². The standard InChI is InChI=1S/C24H24N6O3S/c1-29-21(16-9-6-12-25-13-16)27-28-24(29)34-14-18-19(22(31)33-2)20(15-7-4-3-5-8-15)26-23(32)30(18)17-10-11-17/h3-9,12-13,17,20H,10-11,14H2,1-2H3,(H,26,32). The number of ether oxygens (including phenoxy) is 1. The van der Waals surface area contributed by atoms with Gasteiger partial charge in [-0.05, 0) is 30.5 Å². The summed E-state index contributed by atoms with van der Waals surface area (Å²) in [5, 5.41) is 12.3. The van der Waals surface area contributed by atoms with Gasteiger partial charge in [0.15, 0.2) is 11.0 Å². The van der Waals surface area contributed by atoms with Crippen molar-refractivity contribution in [3.63, 3.8) is 0 Å². The van der Waals surface area contributed by atoms with E-state index < -0.39 is 12.0 Å². The van der Waals surface area contributed by atoms with Crippen molar-refractivity contribution in [2.45, 2.75) is 30.1 Å². The molecule has 1 unspecified atom stereocenters. The van der Waals surface area contributed by atoms with E-state index in [-0.39, 0.29) is 12.1 Å². The molecule has 1 fully saturated rings.